The highest BCUT2D eigenvalue weighted by Gasteiger charge is 2.38. The van der Waals surface area contributed by atoms with Crippen molar-refractivity contribution < 1.29 is 13.2 Å². The Labute approximate surface area is 121 Å². The van der Waals surface area contributed by atoms with Crippen LogP contribution in [-0.2, 0) is 0 Å². The third kappa shape index (κ3) is 2.67. The minimum absolute atomic E-state index is 0.0350. The zero-order valence-corrected chi connectivity index (χ0v) is 11.6. The summed E-state index contributed by atoms with van der Waals surface area (Å²) < 4.78 is 38.0. The molecule has 21 heavy (non-hydrogen) atoms. The maximum Gasteiger partial charge on any atom is 0.396 e. The summed E-state index contributed by atoms with van der Waals surface area (Å²) in [5.41, 5.74) is 2.73. The van der Waals surface area contributed by atoms with E-state index in [0.717, 1.165) is 17.3 Å². The summed E-state index contributed by atoms with van der Waals surface area (Å²) in [5.74, 6) is -0.671. The van der Waals surface area contributed by atoms with Crippen molar-refractivity contribution in [3.8, 4) is 0 Å². The largest absolute Gasteiger partial charge is 0.396 e. The van der Waals surface area contributed by atoms with E-state index in [0.29, 0.717) is 17.5 Å². The molecule has 0 saturated heterocycles. The lowest BCUT2D eigenvalue weighted by molar-refractivity contribution is -0.153. The minimum Gasteiger partial charge on any atom is -0.260 e. The fraction of sp³-hybridized carbons (Fsp3) is 0.353. The van der Waals surface area contributed by atoms with E-state index in [-0.39, 0.29) is 6.42 Å². The van der Waals surface area contributed by atoms with Gasteiger partial charge in [0, 0.05) is 17.7 Å². The van der Waals surface area contributed by atoms with E-state index in [9.17, 15) is 13.2 Å². The van der Waals surface area contributed by atoms with Crippen molar-refractivity contribution in [2.24, 2.45) is 16.8 Å². The van der Waals surface area contributed by atoms with Crippen molar-refractivity contribution in [2.45, 2.75) is 25.4 Å². The standard InChI is InChI=1S/C17H16F3N/c1-11-6-8-13(11)14-4-2-3-5-15(14)16-9-7-12(10-21-16)17(18,19)20/h2-6,8-13H,7H2,1H3. The Hall–Kier alpha value is -1.84. The van der Waals surface area contributed by atoms with Crippen LogP contribution in [0.2, 0.25) is 0 Å². The Morgan fingerprint density at radius 3 is 2.43 bits per heavy atom. The van der Waals surface area contributed by atoms with Gasteiger partial charge in [-0.3, -0.25) is 4.99 Å². The molecule has 3 unspecified atom stereocenters. The van der Waals surface area contributed by atoms with E-state index in [1.807, 2.05) is 24.3 Å². The van der Waals surface area contributed by atoms with Crippen LogP contribution in [0.4, 0.5) is 13.2 Å². The van der Waals surface area contributed by atoms with Crippen molar-refractivity contribution in [1.82, 2.24) is 0 Å². The highest BCUT2D eigenvalue weighted by Crippen LogP contribution is 2.40. The molecule has 1 aliphatic heterocycles. The molecule has 0 saturated carbocycles. The number of hydrogen-bond acceptors (Lipinski definition) is 1. The van der Waals surface area contributed by atoms with Crippen LogP contribution in [0.3, 0.4) is 0 Å². The summed E-state index contributed by atoms with van der Waals surface area (Å²) in [7, 11) is 0. The molecule has 3 atom stereocenters. The molecule has 110 valence electrons. The quantitative estimate of drug-likeness (QED) is 0.682. The molecule has 0 spiro atoms. The number of aliphatic imine (C=N–C) groups is 1. The molecule has 4 heteroatoms. The van der Waals surface area contributed by atoms with E-state index in [1.54, 1.807) is 6.08 Å². The normalized spacial score (nSPS) is 28.2. The van der Waals surface area contributed by atoms with Gasteiger partial charge in [0.15, 0.2) is 0 Å². The average molecular weight is 291 g/mol. The van der Waals surface area contributed by atoms with Gasteiger partial charge in [-0.05, 0) is 17.9 Å². The van der Waals surface area contributed by atoms with E-state index >= 15 is 0 Å². The van der Waals surface area contributed by atoms with Crippen LogP contribution in [0, 0.1) is 11.8 Å². The first-order valence-electron chi connectivity index (χ1n) is 7.05. The van der Waals surface area contributed by atoms with Gasteiger partial charge in [0.05, 0.1) is 11.6 Å². The zero-order chi connectivity index (χ0) is 15.0. The van der Waals surface area contributed by atoms with Crippen molar-refractivity contribution in [3.05, 3.63) is 53.6 Å². The van der Waals surface area contributed by atoms with Gasteiger partial charge in [-0.25, -0.2) is 0 Å². The summed E-state index contributed by atoms with van der Waals surface area (Å²) in [5, 5.41) is 0. The number of benzene rings is 1. The van der Waals surface area contributed by atoms with Crippen LogP contribution in [0.1, 0.15) is 30.4 Å². The molecule has 0 N–H and O–H groups in total. The molecule has 1 aliphatic carbocycles. The van der Waals surface area contributed by atoms with Crippen LogP contribution in [0.5, 0.6) is 0 Å². The van der Waals surface area contributed by atoms with Crippen molar-refractivity contribution in [3.63, 3.8) is 0 Å². The fourth-order valence-corrected chi connectivity index (χ4v) is 2.77. The summed E-state index contributed by atoms with van der Waals surface area (Å²) in [6.07, 6.45) is 2.66. The van der Waals surface area contributed by atoms with Crippen molar-refractivity contribution >= 4 is 11.9 Å². The first-order valence-corrected chi connectivity index (χ1v) is 7.05. The fourth-order valence-electron chi connectivity index (χ4n) is 2.77. The Bertz CT molecular complexity index is 625. The highest BCUT2D eigenvalue weighted by atomic mass is 19.4. The first-order chi connectivity index (χ1) is 9.97. The van der Waals surface area contributed by atoms with Gasteiger partial charge in [0.1, 0.15) is 0 Å². The van der Waals surface area contributed by atoms with Crippen molar-refractivity contribution in [2.75, 3.05) is 0 Å². The van der Waals surface area contributed by atoms with Gasteiger partial charge >= 0.3 is 6.18 Å². The van der Waals surface area contributed by atoms with Gasteiger partial charge in [-0.1, -0.05) is 49.4 Å². The number of hydrogen-bond donors (Lipinski definition) is 0. The van der Waals surface area contributed by atoms with Crippen LogP contribution >= 0.6 is 0 Å². The van der Waals surface area contributed by atoms with Gasteiger partial charge < -0.3 is 0 Å². The van der Waals surface area contributed by atoms with E-state index in [1.165, 1.54) is 0 Å². The Morgan fingerprint density at radius 1 is 1.14 bits per heavy atom. The van der Waals surface area contributed by atoms with Crippen LogP contribution in [0.25, 0.3) is 5.70 Å². The second-order valence-electron chi connectivity index (χ2n) is 5.61. The van der Waals surface area contributed by atoms with Gasteiger partial charge in [0.2, 0.25) is 0 Å². The minimum atomic E-state index is -4.21. The SMILES string of the molecule is CC1C=CC1c1ccccc1C1=CCC(C(F)(F)F)C=N1. The summed E-state index contributed by atoms with van der Waals surface area (Å²) in [6, 6.07) is 7.83. The molecular weight excluding hydrogens is 275 g/mol. The van der Waals surface area contributed by atoms with Crippen LogP contribution < -0.4 is 0 Å². The number of allylic oxidation sites excluding steroid dienone is 3. The zero-order valence-electron chi connectivity index (χ0n) is 11.6. The molecule has 1 nitrogen and oxygen atoms in total. The third-order valence-electron chi connectivity index (χ3n) is 4.16. The lowest BCUT2D eigenvalue weighted by Gasteiger charge is -2.29. The molecule has 2 aliphatic rings. The smallest absolute Gasteiger partial charge is 0.260 e. The van der Waals surface area contributed by atoms with Gasteiger partial charge in [-0.15, -0.1) is 0 Å². The van der Waals surface area contributed by atoms with Crippen LogP contribution in [0.15, 0.2) is 47.5 Å². The van der Waals surface area contributed by atoms with E-state index in [4.69, 9.17) is 0 Å². The molecule has 1 heterocycles. The van der Waals surface area contributed by atoms with E-state index < -0.39 is 12.1 Å². The molecule has 3 rings (SSSR count). The molecule has 0 bridgehead atoms. The highest BCUT2D eigenvalue weighted by molar-refractivity contribution is 5.79. The molecular formula is C17H16F3N. The second kappa shape index (κ2) is 5.17. The lowest BCUT2D eigenvalue weighted by Crippen LogP contribution is -2.25. The van der Waals surface area contributed by atoms with Gasteiger partial charge in [0.25, 0.3) is 0 Å². The van der Waals surface area contributed by atoms with Gasteiger partial charge in [-0.2, -0.15) is 13.2 Å². The predicted molar refractivity (Wildman–Crippen MR) is 78.1 cm³/mol. The number of rotatable bonds is 2. The molecule has 1 aromatic rings. The lowest BCUT2D eigenvalue weighted by atomic mass is 9.76. The van der Waals surface area contributed by atoms with Crippen molar-refractivity contribution in [1.29, 1.82) is 0 Å². The molecule has 0 amide bonds. The number of alkyl halides is 3. The average Bonchev–Trinajstić information content (AvgIpc) is 2.45. The monoisotopic (exact) mass is 291 g/mol. The Morgan fingerprint density at radius 2 is 1.90 bits per heavy atom. The number of nitrogens with zero attached hydrogens (tertiary/aromatic N) is 1. The summed E-state index contributed by atoms with van der Waals surface area (Å²) in [4.78, 5) is 4.07. The topological polar surface area (TPSA) is 12.4 Å². The second-order valence-corrected chi connectivity index (χ2v) is 5.61. The molecule has 0 radical (unpaired) electrons. The Kier molecular flexibility index (Phi) is 3.47. The summed E-state index contributed by atoms with van der Waals surface area (Å²) in [6.45, 7) is 2.14. The molecule has 1 aromatic carbocycles. The Balaban J connectivity index is 1.88. The molecule has 0 fully saturated rings. The number of halogens is 3. The predicted octanol–water partition coefficient (Wildman–Crippen LogP) is 4.97. The summed E-state index contributed by atoms with van der Waals surface area (Å²) >= 11 is 0. The van der Waals surface area contributed by atoms with Crippen LogP contribution in [-0.4, -0.2) is 12.4 Å². The maximum absolute atomic E-state index is 12.7. The maximum atomic E-state index is 12.7. The van der Waals surface area contributed by atoms with E-state index in [2.05, 4.69) is 24.1 Å². The molecule has 0 aromatic heterocycles. The first kappa shape index (κ1) is 14.1. The third-order valence-corrected chi connectivity index (χ3v) is 4.16.